The van der Waals surface area contributed by atoms with Gasteiger partial charge in [-0.1, -0.05) is 30.3 Å². The van der Waals surface area contributed by atoms with Crippen LogP contribution in [0, 0.1) is 0 Å². The number of rotatable bonds is 6. The lowest BCUT2D eigenvalue weighted by atomic mass is 10.1. The molecule has 0 radical (unpaired) electrons. The van der Waals surface area contributed by atoms with Crippen LogP contribution in [0.15, 0.2) is 48.5 Å². The summed E-state index contributed by atoms with van der Waals surface area (Å²) in [4.78, 5) is 13.8. The van der Waals surface area contributed by atoms with Crippen molar-refractivity contribution in [3.05, 3.63) is 54.1 Å². The van der Waals surface area contributed by atoms with E-state index in [1.165, 1.54) is 4.90 Å². The Kier molecular flexibility index (Phi) is 6.60. The van der Waals surface area contributed by atoms with Crippen LogP contribution in [0.2, 0.25) is 0 Å². The zero-order chi connectivity index (χ0) is 19.9. The zero-order valence-corrected chi connectivity index (χ0v) is 16.0. The van der Waals surface area contributed by atoms with Crippen LogP contribution in [0.1, 0.15) is 12.0 Å². The van der Waals surface area contributed by atoms with E-state index in [9.17, 15) is 9.90 Å². The van der Waals surface area contributed by atoms with Crippen LogP contribution < -0.4 is 14.2 Å². The van der Waals surface area contributed by atoms with E-state index >= 15 is 0 Å². The number of aliphatic hydroxyl groups excluding tert-OH is 1. The van der Waals surface area contributed by atoms with Crippen LogP contribution in [0.3, 0.4) is 0 Å². The van der Waals surface area contributed by atoms with Crippen LogP contribution >= 0.6 is 0 Å². The summed E-state index contributed by atoms with van der Waals surface area (Å²) >= 11 is 0. The molecule has 0 unspecified atom stereocenters. The smallest absolute Gasteiger partial charge is 0.410 e. The summed E-state index contributed by atoms with van der Waals surface area (Å²) in [5.74, 6) is 1.73. The molecule has 1 aliphatic rings. The summed E-state index contributed by atoms with van der Waals surface area (Å²) in [7, 11) is 3.12. The largest absolute Gasteiger partial charge is 0.493 e. The average Bonchev–Trinajstić information content (AvgIpc) is 2.74. The summed E-state index contributed by atoms with van der Waals surface area (Å²) in [5.41, 5.74) is 0.920. The Balaban J connectivity index is 1.52. The van der Waals surface area contributed by atoms with E-state index in [1.807, 2.05) is 30.3 Å². The molecule has 7 nitrogen and oxygen atoms in total. The molecule has 2 aromatic rings. The molecule has 150 valence electrons. The number of ether oxygens (including phenoxy) is 4. The lowest BCUT2D eigenvalue weighted by Crippen LogP contribution is -2.51. The summed E-state index contributed by atoms with van der Waals surface area (Å²) in [6.45, 7) is 0.812. The minimum Gasteiger partial charge on any atom is -0.493 e. The maximum atomic E-state index is 12.3. The van der Waals surface area contributed by atoms with Crippen molar-refractivity contribution in [2.24, 2.45) is 0 Å². The number of amides is 1. The molecule has 1 heterocycles. The van der Waals surface area contributed by atoms with Crippen molar-refractivity contribution in [1.82, 2.24) is 4.90 Å². The second kappa shape index (κ2) is 9.32. The molecule has 2 aromatic carbocycles. The molecule has 1 amide bonds. The predicted molar refractivity (Wildman–Crippen MR) is 103 cm³/mol. The van der Waals surface area contributed by atoms with Crippen LogP contribution in [0.5, 0.6) is 17.2 Å². The van der Waals surface area contributed by atoms with Gasteiger partial charge in [0.15, 0.2) is 11.5 Å². The van der Waals surface area contributed by atoms with Crippen LogP contribution in [-0.2, 0) is 11.3 Å². The molecule has 1 aliphatic heterocycles. The number of hydrogen-bond donors (Lipinski definition) is 1. The van der Waals surface area contributed by atoms with Crippen molar-refractivity contribution in [2.45, 2.75) is 25.2 Å². The van der Waals surface area contributed by atoms with E-state index in [0.29, 0.717) is 30.2 Å². The molecule has 7 heteroatoms. The molecule has 3 rings (SSSR count). The van der Waals surface area contributed by atoms with Gasteiger partial charge in [-0.3, -0.25) is 0 Å². The fourth-order valence-electron chi connectivity index (χ4n) is 3.09. The summed E-state index contributed by atoms with van der Waals surface area (Å²) in [5, 5.41) is 10.4. The van der Waals surface area contributed by atoms with Crippen molar-refractivity contribution in [1.29, 1.82) is 0 Å². The normalized spacial score (nSPS) is 19.0. The van der Waals surface area contributed by atoms with Gasteiger partial charge in [-0.25, -0.2) is 4.79 Å². The molecule has 0 spiro atoms. The SMILES string of the molecule is COc1ccc(O[C@H]2CCN(C(=O)OCc3ccccc3)C[C@@H]2O)cc1OC. The third-order valence-electron chi connectivity index (χ3n) is 4.63. The Labute approximate surface area is 164 Å². The summed E-state index contributed by atoms with van der Waals surface area (Å²) < 4.78 is 21.7. The molecule has 1 fully saturated rings. The first-order valence-electron chi connectivity index (χ1n) is 9.13. The molecule has 0 aromatic heterocycles. The zero-order valence-electron chi connectivity index (χ0n) is 16.0. The van der Waals surface area contributed by atoms with Crippen molar-refractivity contribution in [3.8, 4) is 17.2 Å². The standard InChI is InChI=1S/C21H25NO6/c1-25-19-9-8-16(12-20(19)26-2)28-18-10-11-22(13-17(18)23)21(24)27-14-15-6-4-3-5-7-15/h3-9,12,17-18,23H,10-11,13-14H2,1-2H3/t17-,18-/m0/s1. The van der Waals surface area contributed by atoms with Crippen LogP contribution in [0.25, 0.3) is 0 Å². The number of piperidine rings is 1. The highest BCUT2D eigenvalue weighted by molar-refractivity contribution is 5.67. The maximum Gasteiger partial charge on any atom is 0.410 e. The molecule has 2 atom stereocenters. The predicted octanol–water partition coefficient (Wildman–Crippen LogP) is 2.85. The van der Waals surface area contributed by atoms with Gasteiger partial charge in [0, 0.05) is 19.0 Å². The van der Waals surface area contributed by atoms with Crippen molar-refractivity contribution >= 4 is 6.09 Å². The third-order valence-corrected chi connectivity index (χ3v) is 4.63. The number of nitrogens with zero attached hydrogens (tertiary/aromatic N) is 1. The Morgan fingerprint density at radius 3 is 2.54 bits per heavy atom. The monoisotopic (exact) mass is 387 g/mol. The van der Waals surface area contributed by atoms with Gasteiger partial charge in [-0.2, -0.15) is 0 Å². The number of aliphatic hydroxyl groups is 1. The Morgan fingerprint density at radius 1 is 1.11 bits per heavy atom. The number of methoxy groups -OCH3 is 2. The molecule has 0 saturated carbocycles. The molecule has 0 bridgehead atoms. The Hall–Kier alpha value is -2.93. The molecule has 1 N–H and O–H groups in total. The molecule has 0 aliphatic carbocycles. The topological polar surface area (TPSA) is 77.5 Å². The van der Waals surface area contributed by atoms with E-state index in [-0.39, 0.29) is 13.2 Å². The Morgan fingerprint density at radius 2 is 1.86 bits per heavy atom. The number of benzene rings is 2. The second-order valence-electron chi connectivity index (χ2n) is 6.52. The quantitative estimate of drug-likeness (QED) is 0.821. The van der Waals surface area contributed by atoms with E-state index in [1.54, 1.807) is 32.4 Å². The Bertz CT molecular complexity index is 782. The summed E-state index contributed by atoms with van der Waals surface area (Å²) in [6.07, 6.45) is -1.18. The maximum absolute atomic E-state index is 12.3. The molecular formula is C21H25NO6. The third kappa shape index (κ3) is 4.86. The van der Waals surface area contributed by atoms with Gasteiger partial charge in [0.05, 0.1) is 20.8 Å². The lowest BCUT2D eigenvalue weighted by molar-refractivity contribution is -0.0253. The van der Waals surface area contributed by atoms with Gasteiger partial charge >= 0.3 is 6.09 Å². The van der Waals surface area contributed by atoms with Crippen molar-refractivity contribution < 1.29 is 28.8 Å². The van der Waals surface area contributed by atoms with Crippen molar-refractivity contribution in [3.63, 3.8) is 0 Å². The molecular weight excluding hydrogens is 362 g/mol. The fraction of sp³-hybridized carbons (Fsp3) is 0.381. The van der Waals surface area contributed by atoms with Gasteiger partial charge < -0.3 is 29.0 Å². The van der Waals surface area contributed by atoms with Crippen LogP contribution in [0.4, 0.5) is 4.79 Å². The number of carbonyl (C=O) groups is 1. The van der Waals surface area contributed by atoms with Crippen LogP contribution in [-0.4, -0.2) is 55.6 Å². The first kappa shape index (κ1) is 19.8. The minimum atomic E-state index is -0.814. The number of β-amino-alcohol motifs (C(OH)–C–C–N with tert-alkyl or cyclic N) is 1. The van der Waals surface area contributed by atoms with Gasteiger partial charge in [-0.15, -0.1) is 0 Å². The molecule has 1 saturated heterocycles. The highest BCUT2D eigenvalue weighted by Gasteiger charge is 2.32. The highest BCUT2D eigenvalue weighted by atomic mass is 16.6. The van der Waals surface area contributed by atoms with E-state index < -0.39 is 18.3 Å². The fourth-order valence-corrected chi connectivity index (χ4v) is 3.09. The second-order valence-corrected chi connectivity index (χ2v) is 6.52. The first-order chi connectivity index (χ1) is 13.6. The van der Waals surface area contributed by atoms with Gasteiger partial charge in [-0.05, 0) is 17.7 Å². The minimum absolute atomic E-state index is 0.158. The highest BCUT2D eigenvalue weighted by Crippen LogP contribution is 2.32. The number of hydrogen-bond acceptors (Lipinski definition) is 6. The first-order valence-corrected chi connectivity index (χ1v) is 9.13. The van der Waals surface area contributed by atoms with Gasteiger partial charge in [0.25, 0.3) is 0 Å². The average molecular weight is 387 g/mol. The number of carbonyl (C=O) groups excluding carboxylic acids is 1. The number of likely N-dealkylation sites (tertiary alicyclic amines) is 1. The van der Waals surface area contributed by atoms with E-state index in [4.69, 9.17) is 18.9 Å². The van der Waals surface area contributed by atoms with Gasteiger partial charge in [0.1, 0.15) is 24.6 Å². The summed E-state index contributed by atoms with van der Waals surface area (Å²) in [6, 6.07) is 14.7. The van der Waals surface area contributed by atoms with Crippen molar-refractivity contribution in [2.75, 3.05) is 27.3 Å². The van der Waals surface area contributed by atoms with Gasteiger partial charge in [0.2, 0.25) is 0 Å². The molecule has 28 heavy (non-hydrogen) atoms. The van der Waals surface area contributed by atoms with E-state index in [2.05, 4.69) is 0 Å². The van der Waals surface area contributed by atoms with E-state index in [0.717, 1.165) is 5.56 Å². The lowest BCUT2D eigenvalue weighted by Gasteiger charge is -2.35.